The average molecular weight is 189 g/mol. The van der Waals surface area contributed by atoms with Crippen LogP contribution in [0.4, 0.5) is 0 Å². The van der Waals surface area contributed by atoms with Gasteiger partial charge in [-0.15, -0.1) is 0 Å². The summed E-state index contributed by atoms with van der Waals surface area (Å²) in [6, 6.07) is 4.19. The molecule has 0 aliphatic rings. The van der Waals surface area contributed by atoms with Gasteiger partial charge in [0.1, 0.15) is 5.82 Å². The maximum atomic E-state index is 5.77. The predicted molar refractivity (Wildman–Crippen MR) is 58.2 cm³/mol. The van der Waals surface area contributed by atoms with E-state index in [1.807, 2.05) is 6.92 Å². The molecule has 0 saturated carbocycles. The summed E-state index contributed by atoms with van der Waals surface area (Å²) >= 11 is 0. The Labute approximate surface area is 83.3 Å². The molecule has 0 spiro atoms. The maximum absolute atomic E-state index is 5.77. The summed E-state index contributed by atoms with van der Waals surface area (Å²) in [5.74, 6) is 0.855. The number of nitrogens with one attached hydrogen (secondary N) is 1. The Morgan fingerprint density at radius 1 is 1.36 bits per heavy atom. The highest BCUT2D eigenvalue weighted by Crippen LogP contribution is 2.19. The van der Waals surface area contributed by atoms with E-state index >= 15 is 0 Å². The summed E-state index contributed by atoms with van der Waals surface area (Å²) in [4.78, 5) is 7.71. The molecule has 0 aliphatic heterocycles. The van der Waals surface area contributed by atoms with Gasteiger partial charge in [0.25, 0.3) is 0 Å². The molecule has 1 aromatic carbocycles. The lowest BCUT2D eigenvalue weighted by atomic mass is 10.1. The van der Waals surface area contributed by atoms with E-state index in [0.29, 0.717) is 0 Å². The minimum Gasteiger partial charge on any atom is -0.341 e. The average Bonchev–Trinajstić information content (AvgIpc) is 2.47. The molecule has 0 radical (unpaired) electrons. The minimum absolute atomic E-state index is 0.0397. The first kappa shape index (κ1) is 9.21. The molecule has 74 valence electrons. The lowest BCUT2D eigenvalue weighted by molar-refractivity contribution is 0.759. The number of benzene rings is 1. The molecule has 3 N–H and O–H groups in total. The molecule has 1 heterocycles. The molecule has 0 bridgehead atoms. The lowest BCUT2D eigenvalue weighted by Crippen LogP contribution is -2.06. The van der Waals surface area contributed by atoms with Crippen LogP contribution in [0.1, 0.15) is 29.9 Å². The van der Waals surface area contributed by atoms with Gasteiger partial charge in [0.15, 0.2) is 0 Å². The van der Waals surface area contributed by atoms with Crippen molar-refractivity contribution in [3.63, 3.8) is 0 Å². The third-order valence-corrected chi connectivity index (χ3v) is 2.37. The SMILES string of the molecule is Cc1cc(C)c2nc(C(C)N)[nH]c2c1. The normalized spacial score (nSPS) is 13.4. The zero-order valence-electron chi connectivity index (χ0n) is 8.76. The largest absolute Gasteiger partial charge is 0.341 e. The van der Waals surface area contributed by atoms with Gasteiger partial charge in [-0.3, -0.25) is 0 Å². The van der Waals surface area contributed by atoms with Gasteiger partial charge in [-0.1, -0.05) is 6.07 Å². The fourth-order valence-electron chi connectivity index (χ4n) is 1.71. The Bertz CT molecular complexity index is 469. The first-order valence-electron chi connectivity index (χ1n) is 4.80. The van der Waals surface area contributed by atoms with Crippen LogP contribution in [0.15, 0.2) is 12.1 Å². The zero-order chi connectivity index (χ0) is 10.3. The van der Waals surface area contributed by atoms with Crippen molar-refractivity contribution in [3.05, 3.63) is 29.1 Å². The van der Waals surface area contributed by atoms with E-state index in [0.717, 1.165) is 16.9 Å². The Kier molecular flexibility index (Phi) is 2.04. The molecule has 1 aromatic heterocycles. The van der Waals surface area contributed by atoms with Crippen LogP contribution in [0.3, 0.4) is 0 Å². The van der Waals surface area contributed by atoms with Crippen LogP contribution in [-0.2, 0) is 0 Å². The number of nitrogens with zero attached hydrogens (tertiary/aromatic N) is 1. The molecule has 3 heteroatoms. The molecule has 14 heavy (non-hydrogen) atoms. The van der Waals surface area contributed by atoms with E-state index < -0.39 is 0 Å². The van der Waals surface area contributed by atoms with Gasteiger partial charge in [-0.25, -0.2) is 4.98 Å². The van der Waals surface area contributed by atoms with Crippen LogP contribution >= 0.6 is 0 Å². The maximum Gasteiger partial charge on any atom is 0.123 e. The molecule has 2 aromatic rings. The summed E-state index contributed by atoms with van der Waals surface area (Å²) in [5.41, 5.74) is 10.3. The van der Waals surface area contributed by atoms with Crippen molar-refractivity contribution in [2.75, 3.05) is 0 Å². The topological polar surface area (TPSA) is 54.7 Å². The van der Waals surface area contributed by atoms with Gasteiger partial charge in [0, 0.05) is 0 Å². The fraction of sp³-hybridized carbons (Fsp3) is 0.364. The summed E-state index contributed by atoms with van der Waals surface area (Å²) in [5, 5.41) is 0. The van der Waals surface area contributed by atoms with Crippen LogP contribution < -0.4 is 5.73 Å². The number of H-pyrrole nitrogens is 1. The quantitative estimate of drug-likeness (QED) is 0.722. The summed E-state index contributed by atoms with van der Waals surface area (Å²) in [7, 11) is 0. The highest BCUT2D eigenvalue weighted by molar-refractivity contribution is 5.79. The van der Waals surface area contributed by atoms with Crippen molar-refractivity contribution < 1.29 is 0 Å². The Morgan fingerprint density at radius 2 is 2.07 bits per heavy atom. The number of rotatable bonds is 1. The number of nitrogens with two attached hydrogens (primary N) is 1. The molecule has 2 rings (SSSR count). The molecular weight excluding hydrogens is 174 g/mol. The van der Waals surface area contributed by atoms with Crippen molar-refractivity contribution in [2.45, 2.75) is 26.8 Å². The van der Waals surface area contributed by atoms with Crippen LogP contribution in [0, 0.1) is 13.8 Å². The minimum atomic E-state index is -0.0397. The van der Waals surface area contributed by atoms with E-state index in [-0.39, 0.29) is 6.04 Å². The molecule has 0 aliphatic carbocycles. The number of imidazole rings is 1. The van der Waals surface area contributed by atoms with Crippen molar-refractivity contribution in [3.8, 4) is 0 Å². The first-order chi connectivity index (χ1) is 6.58. The van der Waals surface area contributed by atoms with Gasteiger partial charge in [0.2, 0.25) is 0 Å². The number of aryl methyl sites for hydroxylation is 2. The van der Waals surface area contributed by atoms with E-state index in [1.165, 1.54) is 11.1 Å². The Balaban J connectivity index is 2.70. The molecule has 0 amide bonds. The molecular formula is C11H15N3. The second kappa shape index (κ2) is 3.10. The number of aromatic nitrogens is 2. The van der Waals surface area contributed by atoms with Gasteiger partial charge >= 0.3 is 0 Å². The van der Waals surface area contributed by atoms with Gasteiger partial charge < -0.3 is 10.7 Å². The molecule has 3 nitrogen and oxygen atoms in total. The van der Waals surface area contributed by atoms with Crippen LogP contribution in [0.2, 0.25) is 0 Å². The smallest absolute Gasteiger partial charge is 0.123 e. The standard InChI is InChI=1S/C11H15N3/c1-6-4-7(2)10-9(5-6)13-11(14-10)8(3)12/h4-5,8H,12H2,1-3H3,(H,13,14). The van der Waals surface area contributed by atoms with E-state index in [4.69, 9.17) is 5.73 Å². The second-order valence-corrected chi connectivity index (χ2v) is 3.89. The van der Waals surface area contributed by atoms with Gasteiger partial charge in [-0.05, 0) is 38.0 Å². The summed E-state index contributed by atoms with van der Waals surface area (Å²) in [6.45, 7) is 6.08. The third-order valence-electron chi connectivity index (χ3n) is 2.37. The van der Waals surface area contributed by atoms with E-state index in [1.54, 1.807) is 0 Å². The monoisotopic (exact) mass is 189 g/mol. The lowest BCUT2D eigenvalue weighted by Gasteiger charge is -1.96. The van der Waals surface area contributed by atoms with Gasteiger partial charge in [-0.2, -0.15) is 0 Å². The third kappa shape index (κ3) is 1.40. The predicted octanol–water partition coefficient (Wildman–Crippen LogP) is 2.20. The van der Waals surface area contributed by atoms with Crippen molar-refractivity contribution in [2.24, 2.45) is 5.73 Å². The molecule has 1 unspecified atom stereocenters. The highest BCUT2D eigenvalue weighted by atomic mass is 15.0. The second-order valence-electron chi connectivity index (χ2n) is 3.89. The summed E-state index contributed by atoms with van der Waals surface area (Å²) < 4.78 is 0. The Hall–Kier alpha value is -1.35. The van der Waals surface area contributed by atoms with Crippen LogP contribution in [0.5, 0.6) is 0 Å². The number of hydrogen-bond acceptors (Lipinski definition) is 2. The van der Waals surface area contributed by atoms with Crippen molar-refractivity contribution in [1.82, 2.24) is 9.97 Å². The van der Waals surface area contributed by atoms with Gasteiger partial charge in [0.05, 0.1) is 17.1 Å². The molecule has 0 fully saturated rings. The first-order valence-corrected chi connectivity index (χ1v) is 4.80. The van der Waals surface area contributed by atoms with E-state index in [2.05, 4.69) is 35.9 Å². The van der Waals surface area contributed by atoms with Crippen LogP contribution in [-0.4, -0.2) is 9.97 Å². The van der Waals surface area contributed by atoms with Crippen LogP contribution in [0.25, 0.3) is 11.0 Å². The molecule has 1 atom stereocenters. The molecule has 0 saturated heterocycles. The van der Waals surface area contributed by atoms with Crippen molar-refractivity contribution >= 4 is 11.0 Å². The summed E-state index contributed by atoms with van der Waals surface area (Å²) in [6.07, 6.45) is 0. The fourth-order valence-corrected chi connectivity index (χ4v) is 1.71. The Morgan fingerprint density at radius 3 is 2.71 bits per heavy atom. The number of fused-ring (bicyclic) bond motifs is 1. The van der Waals surface area contributed by atoms with E-state index in [9.17, 15) is 0 Å². The highest BCUT2D eigenvalue weighted by Gasteiger charge is 2.08. The number of hydrogen-bond donors (Lipinski definition) is 2. The number of aromatic amines is 1. The zero-order valence-corrected chi connectivity index (χ0v) is 8.76. The van der Waals surface area contributed by atoms with Crippen molar-refractivity contribution in [1.29, 1.82) is 0 Å².